The highest BCUT2D eigenvalue weighted by Gasteiger charge is 2.25. The van der Waals surface area contributed by atoms with Crippen molar-refractivity contribution in [3.63, 3.8) is 0 Å². The number of carbonyl (C=O) groups excluding carboxylic acids is 1. The molecule has 0 radical (unpaired) electrons. The minimum Gasteiger partial charge on any atom is -0.338 e. The largest absolute Gasteiger partial charge is 0.338 e. The molecule has 1 saturated heterocycles. The lowest BCUT2D eigenvalue weighted by atomic mass is 9.95. The number of rotatable bonds is 3. The highest BCUT2D eigenvalue weighted by Crippen LogP contribution is 2.28. The van der Waals surface area contributed by atoms with Gasteiger partial charge in [0.2, 0.25) is 0 Å². The minimum atomic E-state index is 0.0468. The first-order valence-electron chi connectivity index (χ1n) is 6.42. The van der Waals surface area contributed by atoms with Crippen LogP contribution in [0.4, 0.5) is 0 Å². The lowest BCUT2D eigenvalue weighted by molar-refractivity contribution is 0.0672. The first-order chi connectivity index (χ1) is 9.13. The Morgan fingerprint density at radius 3 is 3.00 bits per heavy atom. The Kier molecular flexibility index (Phi) is 5.72. The smallest absolute Gasteiger partial charge is 0.255 e. The van der Waals surface area contributed by atoms with Crippen LogP contribution >= 0.6 is 43.5 Å². The van der Waals surface area contributed by atoms with Crippen molar-refractivity contribution in [2.45, 2.75) is 19.3 Å². The first kappa shape index (κ1) is 15.3. The molecule has 2 nitrogen and oxygen atoms in total. The molecule has 1 aromatic rings. The molecule has 1 heterocycles. The van der Waals surface area contributed by atoms with Gasteiger partial charge in [0.05, 0.1) is 10.6 Å². The number of halogens is 3. The number of piperidine rings is 1. The second-order valence-corrected chi connectivity index (χ2v) is 6.86. The van der Waals surface area contributed by atoms with E-state index in [0.717, 1.165) is 35.7 Å². The van der Waals surface area contributed by atoms with E-state index in [1.807, 2.05) is 17.0 Å². The van der Waals surface area contributed by atoms with Crippen LogP contribution in [0.2, 0.25) is 5.02 Å². The van der Waals surface area contributed by atoms with Gasteiger partial charge >= 0.3 is 0 Å². The molecule has 1 atom stereocenters. The van der Waals surface area contributed by atoms with Gasteiger partial charge in [-0.3, -0.25) is 4.79 Å². The van der Waals surface area contributed by atoms with Crippen molar-refractivity contribution in [3.05, 3.63) is 33.3 Å². The van der Waals surface area contributed by atoms with Crippen LogP contribution in [0.5, 0.6) is 0 Å². The van der Waals surface area contributed by atoms with Gasteiger partial charge < -0.3 is 4.90 Å². The summed E-state index contributed by atoms with van der Waals surface area (Å²) in [6.07, 6.45) is 3.41. The predicted octanol–water partition coefficient (Wildman–Crippen LogP) is 4.74. The molecule has 0 aliphatic carbocycles. The van der Waals surface area contributed by atoms with Crippen molar-refractivity contribution in [1.82, 2.24) is 4.90 Å². The molecular formula is C14H16Br2ClNO. The van der Waals surface area contributed by atoms with Crippen LogP contribution < -0.4 is 0 Å². The zero-order chi connectivity index (χ0) is 13.8. The highest BCUT2D eigenvalue weighted by molar-refractivity contribution is 9.10. The summed E-state index contributed by atoms with van der Waals surface area (Å²) in [6.45, 7) is 1.67. The zero-order valence-corrected chi connectivity index (χ0v) is 14.5. The molecule has 0 N–H and O–H groups in total. The van der Waals surface area contributed by atoms with Gasteiger partial charge in [0, 0.05) is 22.9 Å². The van der Waals surface area contributed by atoms with Gasteiger partial charge in [-0.05, 0) is 53.2 Å². The van der Waals surface area contributed by atoms with E-state index in [9.17, 15) is 4.79 Å². The summed E-state index contributed by atoms with van der Waals surface area (Å²) in [4.78, 5) is 14.5. The van der Waals surface area contributed by atoms with Crippen molar-refractivity contribution in [1.29, 1.82) is 0 Å². The first-order valence-corrected chi connectivity index (χ1v) is 8.72. The number of benzene rings is 1. The molecule has 19 heavy (non-hydrogen) atoms. The molecule has 5 heteroatoms. The quantitative estimate of drug-likeness (QED) is 0.661. The van der Waals surface area contributed by atoms with Crippen LogP contribution in [0.1, 0.15) is 29.6 Å². The third-order valence-corrected chi connectivity index (χ3v) is 5.26. The Balaban J connectivity index is 2.12. The highest BCUT2D eigenvalue weighted by atomic mass is 79.9. The zero-order valence-electron chi connectivity index (χ0n) is 10.5. The fraction of sp³-hybridized carbons (Fsp3) is 0.500. The fourth-order valence-electron chi connectivity index (χ4n) is 2.48. The normalized spacial score (nSPS) is 19.5. The van der Waals surface area contributed by atoms with Crippen molar-refractivity contribution in [2.24, 2.45) is 5.92 Å². The molecule has 2 rings (SSSR count). The number of carbonyl (C=O) groups is 1. The Hall–Kier alpha value is -0.0600. The van der Waals surface area contributed by atoms with Gasteiger partial charge in [0.1, 0.15) is 0 Å². The van der Waals surface area contributed by atoms with Crippen LogP contribution in [-0.4, -0.2) is 29.2 Å². The molecule has 1 unspecified atom stereocenters. The molecule has 0 bridgehead atoms. The van der Waals surface area contributed by atoms with Crippen molar-refractivity contribution in [2.75, 3.05) is 18.4 Å². The number of hydrogen-bond acceptors (Lipinski definition) is 1. The number of nitrogens with zero attached hydrogens (tertiary/aromatic N) is 1. The Morgan fingerprint density at radius 2 is 2.26 bits per heavy atom. The molecule has 1 aromatic carbocycles. The second kappa shape index (κ2) is 7.09. The molecule has 0 aromatic heterocycles. The van der Waals surface area contributed by atoms with Gasteiger partial charge in [0.25, 0.3) is 5.91 Å². The topological polar surface area (TPSA) is 20.3 Å². The van der Waals surface area contributed by atoms with Gasteiger partial charge in [0.15, 0.2) is 0 Å². The molecule has 0 spiro atoms. The molecule has 104 valence electrons. The molecule has 1 fully saturated rings. The SMILES string of the molecule is O=C(c1cccc(Br)c1Cl)N1CCCC(CCBr)C1. The van der Waals surface area contributed by atoms with Crippen molar-refractivity contribution in [3.8, 4) is 0 Å². The molecular weight excluding hydrogens is 393 g/mol. The average molecular weight is 410 g/mol. The minimum absolute atomic E-state index is 0.0468. The van der Waals surface area contributed by atoms with Crippen LogP contribution in [0.15, 0.2) is 22.7 Å². The maximum atomic E-state index is 12.5. The van der Waals surface area contributed by atoms with E-state index in [-0.39, 0.29) is 5.91 Å². The van der Waals surface area contributed by atoms with Crippen molar-refractivity contribution >= 4 is 49.4 Å². The molecule has 1 amide bonds. The fourth-order valence-corrected chi connectivity index (χ4v) is 3.70. The van der Waals surface area contributed by atoms with Crippen LogP contribution in [-0.2, 0) is 0 Å². The summed E-state index contributed by atoms with van der Waals surface area (Å²) in [6, 6.07) is 5.50. The summed E-state index contributed by atoms with van der Waals surface area (Å²) >= 11 is 13.0. The third kappa shape index (κ3) is 3.73. The number of alkyl halides is 1. The van der Waals surface area contributed by atoms with Crippen molar-refractivity contribution < 1.29 is 4.79 Å². The van der Waals surface area contributed by atoms with Crippen LogP contribution in [0.3, 0.4) is 0 Å². The van der Waals surface area contributed by atoms with E-state index in [1.54, 1.807) is 6.07 Å². The number of hydrogen-bond donors (Lipinski definition) is 0. The monoisotopic (exact) mass is 407 g/mol. The van der Waals surface area contributed by atoms with E-state index < -0.39 is 0 Å². The summed E-state index contributed by atoms with van der Waals surface area (Å²) < 4.78 is 0.772. The number of amides is 1. The lowest BCUT2D eigenvalue weighted by Gasteiger charge is -2.32. The molecule has 0 saturated carbocycles. The second-order valence-electron chi connectivity index (χ2n) is 4.84. The van der Waals surface area contributed by atoms with E-state index in [1.165, 1.54) is 6.42 Å². The summed E-state index contributed by atoms with van der Waals surface area (Å²) in [7, 11) is 0. The molecule has 1 aliphatic heterocycles. The van der Waals surface area contributed by atoms with E-state index in [0.29, 0.717) is 16.5 Å². The Labute approximate surface area is 135 Å². The third-order valence-electron chi connectivity index (χ3n) is 3.51. The van der Waals surface area contributed by atoms with Gasteiger partial charge in [-0.25, -0.2) is 0 Å². The molecule has 1 aliphatic rings. The Bertz CT molecular complexity index is 465. The maximum Gasteiger partial charge on any atom is 0.255 e. The van der Waals surface area contributed by atoms with E-state index >= 15 is 0 Å². The maximum absolute atomic E-state index is 12.5. The van der Waals surface area contributed by atoms with E-state index in [4.69, 9.17) is 11.6 Å². The van der Waals surface area contributed by atoms with E-state index in [2.05, 4.69) is 31.9 Å². The summed E-state index contributed by atoms with van der Waals surface area (Å²) in [5, 5.41) is 1.51. The van der Waals surface area contributed by atoms with Gasteiger partial charge in [-0.2, -0.15) is 0 Å². The average Bonchev–Trinajstić information content (AvgIpc) is 2.42. The van der Waals surface area contributed by atoms with Gasteiger partial charge in [-0.1, -0.05) is 33.6 Å². The van der Waals surface area contributed by atoms with Gasteiger partial charge in [-0.15, -0.1) is 0 Å². The predicted molar refractivity (Wildman–Crippen MR) is 86.2 cm³/mol. The summed E-state index contributed by atoms with van der Waals surface area (Å²) in [5.41, 5.74) is 0.593. The summed E-state index contributed by atoms with van der Waals surface area (Å²) in [5.74, 6) is 0.647. The number of likely N-dealkylation sites (tertiary alicyclic amines) is 1. The standard InChI is InChI=1S/C14H16Br2ClNO/c15-7-6-10-3-2-8-18(9-10)14(19)11-4-1-5-12(16)13(11)17/h1,4-5,10H,2-3,6-9H2. The lowest BCUT2D eigenvalue weighted by Crippen LogP contribution is -2.40. The Morgan fingerprint density at radius 1 is 1.47 bits per heavy atom. The van der Waals surface area contributed by atoms with Crippen LogP contribution in [0, 0.1) is 5.92 Å². The van der Waals surface area contributed by atoms with Crippen LogP contribution in [0.25, 0.3) is 0 Å².